The van der Waals surface area contributed by atoms with Gasteiger partial charge in [-0.05, 0) is 30.7 Å². The summed E-state index contributed by atoms with van der Waals surface area (Å²) in [6.07, 6.45) is -3.13. The van der Waals surface area contributed by atoms with Crippen LogP contribution in [-0.4, -0.2) is 14.5 Å². The summed E-state index contributed by atoms with van der Waals surface area (Å²) >= 11 is 0. The van der Waals surface area contributed by atoms with Gasteiger partial charge in [0.15, 0.2) is 5.65 Å². The van der Waals surface area contributed by atoms with Crippen molar-refractivity contribution in [2.45, 2.75) is 13.1 Å². The van der Waals surface area contributed by atoms with Crippen LogP contribution < -0.4 is 0 Å². The van der Waals surface area contributed by atoms with Gasteiger partial charge in [0.05, 0.1) is 11.1 Å². The summed E-state index contributed by atoms with van der Waals surface area (Å²) in [4.78, 5) is 8.40. The van der Waals surface area contributed by atoms with E-state index < -0.39 is 17.6 Å². The number of alkyl halides is 3. The molecule has 3 aromatic rings. The molecule has 0 radical (unpaired) electrons. The van der Waals surface area contributed by atoms with Gasteiger partial charge >= 0.3 is 6.18 Å². The number of hydrogen-bond acceptors (Lipinski definition) is 2. The summed E-state index contributed by atoms with van der Waals surface area (Å²) < 4.78 is 54.2. The van der Waals surface area contributed by atoms with Crippen LogP contribution in [-0.2, 0) is 13.2 Å². The summed E-state index contributed by atoms with van der Waals surface area (Å²) in [5.41, 5.74) is 0.350. The fourth-order valence-electron chi connectivity index (χ4n) is 2.34. The van der Waals surface area contributed by atoms with Crippen LogP contribution in [0.25, 0.3) is 22.6 Å². The maximum atomic E-state index is 14.2. The fourth-order valence-corrected chi connectivity index (χ4v) is 2.34. The molecule has 22 heavy (non-hydrogen) atoms. The summed E-state index contributed by atoms with van der Waals surface area (Å²) in [7, 11) is 1.59. The molecule has 3 nitrogen and oxygen atoms in total. The van der Waals surface area contributed by atoms with E-state index in [2.05, 4.69) is 9.97 Å². The second-order valence-electron chi connectivity index (χ2n) is 5.01. The Morgan fingerprint density at radius 3 is 2.59 bits per heavy atom. The van der Waals surface area contributed by atoms with E-state index in [9.17, 15) is 17.6 Å². The van der Waals surface area contributed by atoms with Crippen LogP contribution in [0.1, 0.15) is 11.1 Å². The third-order valence-electron chi connectivity index (χ3n) is 3.39. The van der Waals surface area contributed by atoms with E-state index in [1.807, 2.05) is 6.92 Å². The van der Waals surface area contributed by atoms with E-state index in [0.29, 0.717) is 17.2 Å². The first kappa shape index (κ1) is 14.5. The summed E-state index contributed by atoms with van der Waals surface area (Å²) in [5.74, 6) is -1.22. The van der Waals surface area contributed by atoms with Gasteiger partial charge in [-0.2, -0.15) is 13.2 Å². The van der Waals surface area contributed by atoms with Crippen molar-refractivity contribution in [1.82, 2.24) is 14.5 Å². The van der Waals surface area contributed by atoms with E-state index in [1.54, 1.807) is 19.3 Å². The van der Waals surface area contributed by atoms with Gasteiger partial charge in [0.25, 0.3) is 0 Å². The number of rotatable bonds is 1. The summed E-state index contributed by atoms with van der Waals surface area (Å²) in [6.45, 7) is 1.83. The monoisotopic (exact) mass is 309 g/mol. The molecule has 1 aromatic carbocycles. The maximum absolute atomic E-state index is 14.2. The average Bonchev–Trinajstić information content (AvgIpc) is 2.74. The topological polar surface area (TPSA) is 30.7 Å². The number of imidazole rings is 1. The number of hydrogen-bond donors (Lipinski definition) is 0. The Labute approximate surface area is 123 Å². The fraction of sp³-hybridized carbons (Fsp3) is 0.200. The first-order valence-corrected chi connectivity index (χ1v) is 6.44. The van der Waals surface area contributed by atoms with E-state index >= 15 is 0 Å². The number of aromatic nitrogens is 3. The Kier molecular flexibility index (Phi) is 3.16. The zero-order valence-corrected chi connectivity index (χ0v) is 11.7. The van der Waals surface area contributed by atoms with Crippen molar-refractivity contribution in [2.75, 3.05) is 0 Å². The molecule has 3 rings (SSSR count). The quantitative estimate of drug-likeness (QED) is 0.634. The average molecular weight is 309 g/mol. The maximum Gasteiger partial charge on any atom is 0.419 e. The molecule has 0 bridgehead atoms. The van der Waals surface area contributed by atoms with Crippen molar-refractivity contribution < 1.29 is 17.6 Å². The molecule has 2 aromatic heterocycles. The third kappa shape index (κ3) is 2.22. The highest BCUT2D eigenvalue weighted by Crippen LogP contribution is 2.35. The van der Waals surface area contributed by atoms with Gasteiger partial charge in [-0.15, -0.1) is 0 Å². The van der Waals surface area contributed by atoms with Crippen molar-refractivity contribution in [3.05, 3.63) is 47.4 Å². The third-order valence-corrected chi connectivity index (χ3v) is 3.39. The number of nitrogens with zero attached hydrogens (tertiary/aromatic N) is 3. The Morgan fingerprint density at radius 1 is 1.18 bits per heavy atom. The first-order valence-electron chi connectivity index (χ1n) is 6.44. The lowest BCUT2D eigenvalue weighted by molar-refractivity contribution is -0.139. The van der Waals surface area contributed by atoms with Gasteiger partial charge in [-0.25, -0.2) is 14.4 Å². The van der Waals surface area contributed by atoms with Gasteiger partial charge in [0.2, 0.25) is 0 Å². The van der Waals surface area contributed by atoms with Crippen LogP contribution in [0.2, 0.25) is 0 Å². The predicted molar refractivity (Wildman–Crippen MR) is 73.6 cm³/mol. The Morgan fingerprint density at radius 2 is 1.91 bits per heavy atom. The SMILES string of the molecule is Cc1cnc2c(c1)nc(-c1cccc(C(F)(F)F)c1F)n2C. The molecule has 0 saturated carbocycles. The van der Waals surface area contributed by atoms with Crippen LogP contribution in [0.4, 0.5) is 17.6 Å². The molecule has 0 spiro atoms. The first-order chi connectivity index (χ1) is 10.3. The van der Waals surface area contributed by atoms with E-state index in [1.165, 1.54) is 16.7 Å². The molecular formula is C15H11F4N3. The van der Waals surface area contributed by atoms with Crippen LogP contribution in [0.15, 0.2) is 30.5 Å². The lowest BCUT2D eigenvalue weighted by Crippen LogP contribution is -2.09. The smallest absolute Gasteiger partial charge is 0.312 e. The Balaban J connectivity index is 2.26. The summed E-state index contributed by atoms with van der Waals surface area (Å²) in [6, 6.07) is 4.90. The molecule has 0 amide bonds. The Hall–Kier alpha value is -2.44. The molecule has 0 saturated heterocycles. The zero-order valence-electron chi connectivity index (χ0n) is 11.7. The largest absolute Gasteiger partial charge is 0.419 e. The number of benzene rings is 1. The predicted octanol–water partition coefficient (Wildman–Crippen LogP) is 4.10. The normalized spacial score (nSPS) is 12.1. The van der Waals surface area contributed by atoms with Crippen molar-refractivity contribution in [1.29, 1.82) is 0 Å². The lowest BCUT2D eigenvalue weighted by Gasteiger charge is -2.11. The molecule has 0 aliphatic rings. The second-order valence-corrected chi connectivity index (χ2v) is 5.01. The lowest BCUT2D eigenvalue weighted by atomic mass is 10.1. The molecule has 0 N–H and O–H groups in total. The van der Waals surface area contributed by atoms with Crippen molar-refractivity contribution in [3.8, 4) is 11.4 Å². The molecule has 2 heterocycles. The summed E-state index contributed by atoms with van der Waals surface area (Å²) in [5, 5.41) is 0. The molecule has 0 unspecified atom stereocenters. The number of aryl methyl sites for hydroxylation is 2. The van der Waals surface area contributed by atoms with Gasteiger partial charge < -0.3 is 4.57 Å². The number of fused-ring (bicyclic) bond motifs is 1. The van der Waals surface area contributed by atoms with E-state index in [0.717, 1.165) is 5.56 Å². The number of halogens is 4. The van der Waals surface area contributed by atoms with E-state index in [-0.39, 0.29) is 11.4 Å². The van der Waals surface area contributed by atoms with Crippen molar-refractivity contribution >= 4 is 11.2 Å². The molecule has 0 aliphatic carbocycles. The zero-order chi connectivity index (χ0) is 16.1. The van der Waals surface area contributed by atoms with Gasteiger partial charge in [0, 0.05) is 13.2 Å². The highest BCUT2D eigenvalue weighted by molar-refractivity contribution is 5.77. The second kappa shape index (κ2) is 4.79. The minimum Gasteiger partial charge on any atom is -0.312 e. The van der Waals surface area contributed by atoms with Crippen LogP contribution >= 0.6 is 0 Å². The molecule has 114 valence electrons. The van der Waals surface area contributed by atoms with Crippen LogP contribution in [0, 0.1) is 12.7 Å². The van der Waals surface area contributed by atoms with Gasteiger partial charge in [-0.3, -0.25) is 0 Å². The van der Waals surface area contributed by atoms with E-state index in [4.69, 9.17) is 0 Å². The Bertz CT molecular complexity index is 865. The molecule has 0 fully saturated rings. The highest BCUT2D eigenvalue weighted by atomic mass is 19.4. The minimum absolute atomic E-state index is 0.108. The number of pyridine rings is 1. The van der Waals surface area contributed by atoms with Gasteiger partial charge in [0.1, 0.15) is 17.2 Å². The highest BCUT2D eigenvalue weighted by Gasteiger charge is 2.35. The minimum atomic E-state index is -4.75. The standard InChI is InChI=1S/C15H11F4N3/c1-8-6-11-14(20-7-8)22(2)13(21-11)9-4-3-5-10(12(9)16)15(17,18)19/h3-7H,1-2H3. The van der Waals surface area contributed by atoms with Crippen molar-refractivity contribution in [2.24, 2.45) is 7.05 Å². The molecule has 7 heteroatoms. The molecule has 0 aliphatic heterocycles. The molecule has 0 atom stereocenters. The molecular weight excluding hydrogens is 298 g/mol. The van der Waals surface area contributed by atoms with Crippen molar-refractivity contribution in [3.63, 3.8) is 0 Å². The van der Waals surface area contributed by atoms with Crippen LogP contribution in [0.3, 0.4) is 0 Å². The van der Waals surface area contributed by atoms with Gasteiger partial charge in [-0.1, -0.05) is 6.07 Å². The van der Waals surface area contributed by atoms with Crippen LogP contribution in [0.5, 0.6) is 0 Å².